The fourth-order valence-electron chi connectivity index (χ4n) is 1.13. The Labute approximate surface area is 99.3 Å². The van der Waals surface area contributed by atoms with E-state index >= 15 is 0 Å². The summed E-state index contributed by atoms with van der Waals surface area (Å²) < 4.78 is 0. The fourth-order valence-corrected chi connectivity index (χ4v) is 1.13. The lowest BCUT2D eigenvalue weighted by Crippen LogP contribution is -1.82. The van der Waals surface area contributed by atoms with E-state index in [1.54, 1.807) is 48.5 Å². The van der Waals surface area contributed by atoms with E-state index in [1.807, 2.05) is 6.07 Å². The average molecular weight is 228 g/mol. The van der Waals surface area contributed by atoms with Crippen LogP contribution >= 0.6 is 0 Å². The van der Waals surface area contributed by atoms with Gasteiger partial charge in [0.15, 0.2) is 0 Å². The second-order valence-electron chi connectivity index (χ2n) is 3.24. The van der Waals surface area contributed by atoms with Gasteiger partial charge in [0.1, 0.15) is 18.3 Å². The number of para-hydroxylation sites is 1. The molecule has 0 radical (unpaired) electrons. The molecule has 0 saturated carbocycles. The Morgan fingerprint density at radius 3 is 1.65 bits per heavy atom. The zero-order chi connectivity index (χ0) is 12.5. The first kappa shape index (κ1) is 12.6. The third-order valence-corrected chi connectivity index (χ3v) is 1.94. The van der Waals surface area contributed by atoms with Crippen LogP contribution in [0.15, 0.2) is 54.6 Å². The minimum Gasteiger partial charge on any atom is -0.508 e. The van der Waals surface area contributed by atoms with Crippen molar-refractivity contribution in [3.05, 3.63) is 65.7 Å². The summed E-state index contributed by atoms with van der Waals surface area (Å²) in [4.78, 5) is 20.3. The molecule has 0 unspecified atom stereocenters. The first-order chi connectivity index (χ1) is 8.26. The maximum Gasteiger partial charge on any atom is 0.150 e. The largest absolute Gasteiger partial charge is 0.508 e. The number of hydrogen-bond donors (Lipinski definition) is 1. The lowest BCUT2D eigenvalue weighted by molar-refractivity contribution is 0.112. The molecule has 0 atom stereocenters. The van der Waals surface area contributed by atoms with Crippen LogP contribution in [-0.4, -0.2) is 17.7 Å². The number of phenolic OH excluding ortho intramolecular Hbond substituents is 1. The predicted octanol–water partition coefficient (Wildman–Crippen LogP) is 2.70. The minimum absolute atomic E-state index is 0.322. The third kappa shape index (κ3) is 4.75. The van der Waals surface area contributed by atoms with E-state index in [-0.39, 0.29) is 0 Å². The summed E-state index contributed by atoms with van der Waals surface area (Å²) in [5.41, 5.74) is 1.06. The standard InChI is InChI=1S/C8H6O2.C6H6O/c9-5-7-2-1-3-8(4-7)6-10;7-6-4-2-1-3-5-6/h1-6H;1-5,7H. The number of benzene rings is 2. The average Bonchev–Trinajstić information content (AvgIpc) is 2.40. The van der Waals surface area contributed by atoms with Gasteiger partial charge in [0.2, 0.25) is 0 Å². The van der Waals surface area contributed by atoms with Gasteiger partial charge < -0.3 is 5.11 Å². The summed E-state index contributed by atoms with van der Waals surface area (Å²) in [5, 5.41) is 8.63. The monoisotopic (exact) mass is 228 g/mol. The van der Waals surface area contributed by atoms with Gasteiger partial charge >= 0.3 is 0 Å². The highest BCUT2D eigenvalue weighted by Crippen LogP contribution is 2.02. The molecule has 2 aromatic carbocycles. The molecule has 0 fully saturated rings. The zero-order valence-electron chi connectivity index (χ0n) is 9.11. The quantitative estimate of drug-likeness (QED) is 0.804. The maximum atomic E-state index is 10.2. The molecule has 0 aromatic heterocycles. The molecule has 3 heteroatoms. The molecule has 0 aliphatic heterocycles. The van der Waals surface area contributed by atoms with Gasteiger partial charge in [0.05, 0.1) is 0 Å². The van der Waals surface area contributed by atoms with E-state index in [1.165, 1.54) is 0 Å². The third-order valence-electron chi connectivity index (χ3n) is 1.94. The molecule has 0 heterocycles. The van der Waals surface area contributed by atoms with Gasteiger partial charge in [0.25, 0.3) is 0 Å². The highest BCUT2D eigenvalue weighted by molar-refractivity contribution is 5.81. The Balaban J connectivity index is 0.000000181. The molecular weight excluding hydrogens is 216 g/mol. The molecule has 3 nitrogen and oxygen atoms in total. The SMILES string of the molecule is O=Cc1cccc(C=O)c1.Oc1ccccc1. The van der Waals surface area contributed by atoms with Crippen molar-refractivity contribution in [3.8, 4) is 5.75 Å². The van der Waals surface area contributed by atoms with E-state index in [0.29, 0.717) is 29.4 Å². The van der Waals surface area contributed by atoms with Crippen molar-refractivity contribution in [1.29, 1.82) is 0 Å². The van der Waals surface area contributed by atoms with Gasteiger partial charge in [-0.3, -0.25) is 9.59 Å². The van der Waals surface area contributed by atoms with Crippen molar-refractivity contribution >= 4 is 12.6 Å². The number of aromatic hydroxyl groups is 1. The molecule has 0 amide bonds. The summed E-state index contributed by atoms with van der Waals surface area (Å²) in [7, 11) is 0. The highest BCUT2D eigenvalue weighted by atomic mass is 16.3. The van der Waals surface area contributed by atoms with Gasteiger partial charge in [-0.1, -0.05) is 36.4 Å². The van der Waals surface area contributed by atoms with Crippen molar-refractivity contribution in [2.45, 2.75) is 0 Å². The number of carbonyl (C=O) groups is 2. The number of hydrogen-bond acceptors (Lipinski definition) is 3. The smallest absolute Gasteiger partial charge is 0.150 e. The molecular formula is C14H12O3. The lowest BCUT2D eigenvalue weighted by atomic mass is 10.2. The van der Waals surface area contributed by atoms with E-state index in [0.717, 1.165) is 0 Å². The van der Waals surface area contributed by atoms with Crippen LogP contribution in [0.1, 0.15) is 20.7 Å². The van der Waals surface area contributed by atoms with Crippen molar-refractivity contribution in [1.82, 2.24) is 0 Å². The summed E-state index contributed by atoms with van der Waals surface area (Å²) in [6, 6.07) is 15.2. The van der Waals surface area contributed by atoms with Crippen molar-refractivity contribution in [2.24, 2.45) is 0 Å². The van der Waals surface area contributed by atoms with E-state index in [9.17, 15) is 9.59 Å². The van der Waals surface area contributed by atoms with Gasteiger partial charge in [-0.2, -0.15) is 0 Å². The van der Waals surface area contributed by atoms with E-state index < -0.39 is 0 Å². The summed E-state index contributed by atoms with van der Waals surface area (Å²) in [5.74, 6) is 0.322. The van der Waals surface area contributed by atoms with Crippen LogP contribution in [0.4, 0.5) is 0 Å². The van der Waals surface area contributed by atoms with Gasteiger partial charge in [-0.25, -0.2) is 0 Å². The van der Waals surface area contributed by atoms with E-state index in [4.69, 9.17) is 5.11 Å². The number of phenols is 1. The molecule has 2 aromatic rings. The van der Waals surface area contributed by atoms with Crippen LogP contribution in [0.3, 0.4) is 0 Å². The normalized spacial score (nSPS) is 8.71. The molecule has 17 heavy (non-hydrogen) atoms. The van der Waals surface area contributed by atoms with Gasteiger partial charge in [-0.15, -0.1) is 0 Å². The van der Waals surface area contributed by atoms with Crippen molar-refractivity contribution < 1.29 is 14.7 Å². The van der Waals surface area contributed by atoms with Crippen LogP contribution < -0.4 is 0 Å². The molecule has 0 spiro atoms. The second-order valence-corrected chi connectivity index (χ2v) is 3.24. The Kier molecular flexibility index (Phi) is 5.17. The first-order valence-corrected chi connectivity index (χ1v) is 5.00. The Hall–Kier alpha value is -2.42. The maximum absolute atomic E-state index is 10.2. The topological polar surface area (TPSA) is 54.4 Å². The molecule has 1 N–H and O–H groups in total. The number of carbonyl (C=O) groups excluding carboxylic acids is 2. The molecule has 86 valence electrons. The van der Waals surface area contributed by atoms with E-state index in [2.05, 4.69) is 0 Å². The Bertz CT molecular complexity index is 455. The lowest BCUT2D eigenvalue weighted by Gasteiger charge is -1.89. The highest BCUT2D eigenvalue weighted by Gasteiger charge is 1.90. The van der Waals surface area contributed by atoms with Crippen LogP contribution in [0.5, 0.6) is 5.75 Å². The van der Waals surface area contributed by atoms with Crippen molar-refractivity contribution in [2.75, 3.05) is 0 Å². The summed E-state index contributed by atoms with van der Waals surface area (Å²) in [6.45, 7) is 0. The molecule has 0 saturated heterocycles. The van der Waals surface area contributed by atoms with Crippen LogP contribution in [0, 0.1) is 0 Å². The molecule has 2 rings (SSSR count). The number of aldehydes is 2. The zero-order valence-corrected chi connectivity index (χ0v) is 9.11. The first-order valence-electron chi connectivity index (χ1n) is 5.00. The minimum atomic E-state index is 0.322. The molecule has 0 bridgehead atoms. The summed E-state index contributed by atoms with van der Waals surface area (Å²) in [6.07, 6.45) is 1.43. The van der Waals surface area contributed by atoms with Crippen molar-refractivity contribution in [3.63, 3.8) is 0 Å². The van der Waals surface area contributed by atoms with Gasteiger partial charge in [-0.05, 0) is 18.2 Å². The Morgan fingerprint density at radius 2 is 1.29 bits per heavy atom. The predicted molar refractivity (Wildman–Crippen MR) is 65.3 cm³/mol. The summed E-state index contributed by atoms with van der Waals surface area (Å²) >= 11 is 0. The van der Waals surface area contributed by atoms with Crippen LogP contribution in [-0.2, 0) is 0 Å². The fraction of sp³-hybridized carbons (Fsp3) is 0. The Morgan fingerprint density at radius 1 is 0.765 bits per heavy atom. The van der Waals surface area contributed by atoms with Crippen LogP contribution in [0.25, 0.3) is 0 Å². The van der Waals surface area contributed by atoms with Gasteiger partial charge in [0, 0.05) is 11.1 Å². The molecule has 0 aliphatic carbocycles. The molecule has 0 aliphatic rings. The second kappa shape index (κ2) is 6.95. The number of rotatable bonds is 2. The van der Waals surface area contributed by atoms with Crippen LogP contribution in [0.2, 0.25) is 0 Å².